The van der Waals surface area contributed by atoms with E-state index in [4.69, 9.17) is 15.2 Å². The van der Waals surface area contributed by atoms with E-state index in [1.807, 2.05) is 43.3 Å². The van der Waals surface area contributed by atoms with Gasteiger partial charge >= 0.3 is 0 Å². The molecule has 1 aromatic heterocycles. The second kappa shape index (κ2) is 8.20. The molecule has 0 fully saturated rings. The molecule has 0 aliphatic rings. The van der Waals surface area contributed by atoms with Gasteiger partial charge in [0.05, 0.1) is 7.11 Å². The summed E-state index contributed by atoms with van der Waals surface area (Å²) in [6.07, 6.45) is 0. The molecule has 3 rings (SSSR count). The maximum absolute atomic E-state index is 12.1. The molecule has 0 amide bonds. The first-order valence-electron chi connectivity index (χ1n) is 8.71. The molecule has 0 unspecified atom stereocenters. The van der Waals surface area contributed by atoms with Crippen molar-refractivity contribution in [2.45, 2.75) is 13.5 Å². The van der Waals surface area contributed by atoms with Gasteiger partial charge in [0.15, 0.2) is 11.5 Å². The van der Waals surface area contributed by atoms with Crippen molar-refractivity contribution in [3.63, 3.8) is 0 Å². The summed E-state index contributed by atoms with van der Waals surface area (Å²) in [5.41, 5.74) is 7.72. The monoisotopic (exact) mass is 386 g/mol. The SMILES string of the molecule is COc1cc(-c2c(C#N)c(N)[nH]c(=O)c2C#N)ccc1OCc1cccc(C)c1. The van der Waals surface area contributed by atoms with Crippen molar-refractivity contribution >= 4 is 5.82 Å². The average Bonchev–Trinajstić information content (AvgIpc) is 2.71. The van der Waals surface area contributed by atoms with Gasteiger partial charge in [-0.15, -0.1) is 0 Å². The van der Waals surface area contributed by atoms with Crippen LogP contribution in [0.4, 0.5) is 5.82 Å². The van der Waals surface area contributed by atoms with Crippen LogP contribution in [-0.2, 0) is 6.61 Å². The largest absolute Gasteiger partial charge is 0.493 e. The lowest BCUT2D eigenvalue weighted by Gasteiger charge is -2.14. The molecule has 3 N–H and O–H groups in total. The Bertz CT molecular complexity index is 1220. The Morgan fingerprint density at radius 3 is 2.48 bits per heavy atom. The van der Waals surface area contributed by atoms with E-state index in [0.717, 1.165) is 11.1 Å². The fourth-order valence-electron chi connectivity index (χ4n) is 3.04. The topological polar surface area (TPSA) is 125 Å². The fourth-order valence-corrected chi connectivity index (χ4v) is 3.04. The van der Waals surface area contributed by atoms with Gasteiger partial charge in [-0.05, 0) is 30.2 Å². The molecule has 0 aliphatic heterocycles. The summed E-state index contributed by atoms with van der Waals surface area (Å²) in [4.78, 5) is 14.4. The molecule has 7 nitrogen and oxygen atoms in total. The molecule has 0 aliphatic carbocycles. The fraction of sp³-hybridized carbons (Fsp3) is 0.136. The molecule has 0 spiro atoms. The molecule has 0 saturated heterocycles. The number of aromatic amines is 1. The number of anilines is 1. The molecule has 144 valence electrons. The lowest BCUT2D eigenvalue weighted by molar-refractivity contribution is 0.284. The van der Waals surface area contributed by atoms with Crippen LogP contribution >= 0.6 is 0 Å². The quantitative estimate of drug-likeness (QED) is 0.693. The highest BCUT2D eigenvalue weighted by Crippen LogP contribution is 2.36. The Morgan fingerprint density at radius 2 is 1.83 bits per heavy atom. The van der Waals surface area contributed by atoms with Crippen molar-refractivity contribution < 1.29 is 9.47 Å². The van der Waals surface area contributed by atoms with Crippen molar-refractivity contribution in [2.75, 3.05) is 12.8 Å². The van der Waals surface area contributed by atoms with E-state index in [1.54, 1.807) is 18.2 Å². The van der Waals surface area contributed by atoms with Crippen LogP contribution in [-0.4, -0.2) is 12.1 Å². The number of rotatable bonds is 5. The molecule has 29 heavy (non-hydrogen) atoms. The predicted molar refractivity (Wildman–Crippen MR) is 108 cm³/mol. The summed E-state index contributed by atoms with van der Waals surface area (Å²) in [6, 6.07) is 16.7. The number of methoxy groups -OCH3 is 1. The standard InChI is InChI=1S/C22H18N4O3/c1-13-4-3-5-14(8-13)12-29-18-7-6-15(9-19(18)28-2)20-16(10-23)21(25)26-22(27)17(20)11-24/h3-9H,12H2,1-2H3,(H3,25,26,27). The van der Waals surface area contributed by atoms with Gasteiger partial charge in [0.1, 0.15) is 35.7 Å². The third-order valence-corrected chi connectivity index (χ3v) is 4.40. The van der Waals surface area contributed by atoms with Crippen molar-refractivity contribution in [3.05, 3.63) is 75.1 Å². The highest BCUT2D eigenvalue weighted by Gasteiger charge is 2.19. The van der Waals surface area contributed by atoms with Crippen molar-refractivity contribution in [1.29, 1.82) is 10.5 Å². The highest BCUT2D eigenvalue weighted by atomic mass is 16.5. The van der Waals surface area contributed by atoms with E-state index in [2.05, 4.69) is 4.98 Å². The van der Waals surface area contributed by atoms with E-state index >= 15 is 0 Å². The first-order chi connectivity index (χ1) is 14.0. The lowest BCUT2D eigenvalue weighted by atomic mass is 9.96. The van der Waals surface area contributed by atoms with Crippen LogP contribution < -0.4 is 20.8 Å². The van der Waals surface area contributed by atoms with Crippen molar-refractivity contribution in [2.24, 2.45) is 0 Å². The molecular weight excluding hydrogens is 368 g/mol. The van der Waals surface area contributed by atoms with Crippen molar-refractivity contribution in [3.8, 4) is 34.8 Å². The Kier molecular flexibility index (Phi) is 5.52. The molecule has 1 heterocycles. The third-order valence-electron chi connectivity index (χ3n) is 4.40. The number of aromatic nitrogens is 1. The molecule has 3 aromatic rings. The summed E-state index contributed by atoms with van der Waals surface area (Å²) < 4.78 is 11.3. The van der Waals surface area contributed by atoms with Gasteiger partial charge in [-0.1, -0.05) is 35.9 Å². The molecular formula is C22H18N4O3. The van der Waals surface area contributed by atoms with Gasteiger partial charge < -0.3 is 20.2 Å². The van der Waals surface area contributed by atoms with E-state index in [9.17, 15) is 15.3 Å². The Labute approximate surface area is 167 Å². The van der Waals surface area contributed by atoms with Gasteiger partial charge in [0.25, 0.3) is 5.56 Å². The van der Waals surface area contributed by atoms with Crippen molar-refractivity contribution in [1.82, 2.24) is 4.98 Å². The maximum Gasteiger partial charge on any atom is 0.268 e. The van der Waals surface area contributed by atoms with Gasteiger partial charge in [0.2, 0.25) is 0 Å². The lowest BCUT2D eigenvalue weighted by Crippen LogP contribution is -2.16. The predicted octanol–water partition coefficient (Wildman–Crippen LogP) is 3.26. The number of nitriles is 2. The minimum atomic E-state index is -0.655. The number of H-pyrrole nitrogens is 1. The van der Waals surface area contributed by atoms with Gasteiger partial charge in [-0.3, -0.25) is 4.79 Å². The van der Waals surface area contributed by atoms with E-state index in [-0.39, 0.29) is 22.5 Å². The second-order valence-electron chi connectivity index (χ2n) is 6.36. The minimum absolute atomic E-state index is 0.0247. The number of hydrogen-bond acceptors (Lipinski definition) is 6. The third kappa shape index (κ3) is 3.90. The number of ether oxygens (including phenoxy) is 2. The van der Waals surface area contributed by atoms with E-state index in [0.29, 0.717) is 23.7 Å². The number of aryl methyl sites for hydroxylation is 1. The summed E-state index contributed by atoms with van der Waals surface area (Å²) in [6.45, 7) is 2.36. The molecule has 0 saturated carbocycles. The number of nitrogens with one attached hydrogen (secondary N) is 1. The smallest absolute Gasteiger partial charge is 0.268 e. The van der Waals surface area contributed by atoms with E-state index in [1.165, 1.54) is 7.11 Å². The van der Waals surface area contributed by atoms with Crippen LogP contribution in [0.15, 0.2) is 47.3 Å². The summed E-state index contributed by atoms with van der Waals surface area (Å²) in [5.74, 6) is 0.805. The summed E-state index contributed by atoms with van der Waals surface area (Å²) >= 11 is 0. The minimum Gasteiger partial charge on any atom is -0.493 e. The number of hydrogen-bond donors (Lipinski definition) is 2. The molecule has 2 aromatic carbocycles. The van der Waals surface area contributed by atoms with Crippen LogP contribution in [0.25, 0.3) is 11.1 Å². The molecule has 0 atom stereocenters. The first-order valence-corrected chi connectivity index (χ1v) is 8.71. The molecule has 7 heteroatoms. The Balaban J connectivity index is 2.03. The average molecular weight is 386 g/mol. The van der Waals surface area contributed by atoms with Gasteiger partial charge in [-0.2, -0.15) is 10.5 Å². The zero-order valence-electron chi connectivity index (χ0n) is 15.9. The van der Waals surface area contributed by atoms with Gasteiger partial charge in [-0.25, -0.2) is 0 Å². The Hall–Kier alpha value is -4.23. The normalized spacial score (nSPS) is 10.1. The summed E-state index contributed by atoms with van der Waals surface area (Å²) in [7, 11) is 1.49. The van der Waals surface area contributed by atoms with Crippen LogP contribution in [0.3, 0.4) is 0 Å². The number of pyridine rings is 1. The second-order valence-corrected chi connectivity index (χ2v) is 6.36. The van der Waals surface area contributed by atoms with Gasteiger partial charge in [0, 0.05) is 5.56 Å². The zero-order valence-corrected chi connectivity index (χ0v) is 15.9. The number of benzene rings is 2. The number of nitrogens with two attached hydrogens (primary N) is 1. The van der Waals surface area contributed by atoms with Crippen LogP contribution in [0, 0.1) is 29.6 Å². The molecule has 0 bridgehead atoms. The first kappa shape index (κ1) is 19.5. The summed E-state index contributed by atoms with van der Waals surface area (Å²) in [5, 5.41) is 18.9. The zero-order chi connectivity index (χ0) is 21.0. The van der Waals surface area contributed by atoms with Crippen LogP contribution in [0.1, 0.15) is 22.3 Å². The molecule has 0 radical (unpaired) electrons. The van der Waals surface area contributed by atoms with E-state index < -0.39 is 5.56 Å². The highest BCUT2D eigenvalue weighted by molar-refractivity contribution is 5.81. The van der Waals surface area contributed by atoms with Crippen LogP contribution in [0.2, 0.25) is 0 Å². The Morgan fingerprint density at radius 1 is 1.07 bits per heavy atom. The maximum atomic E-state index is 12.1. The van der Waals surface area contributed by atoms with Crippen LogP contribution in [0.5, 0.6) is 11.5 Å². The number of nitrogens with zero attached hydrogens (tertiary/aromatic N) is 2. The number of nitrogen functional groups attached to an aromatic ring is 1.